The van der Waals surface area contributed by atoms with Gasteiger partial charge in [-0.3, -0.25) is 4.79 Å². The molecule has 0 saturated heterocycles. The number of furan rings is 1. The quantitative estimate of drug-likeness (QED) is 0.858. The second kappa shape index (κ2) is 6.12. The number of hydrogen-bond acceptors (Lipinski definition) is 6. The first-order valence-electron chi connectivity index (χ1n) is 5.68. The highest BCUT2D eigenvalue weighted by atomic mass is 32.2. The number of carbonyl (C=O) groups is 1. The summed E-state index contributed by atoms with van der Waals surface area (Å²) in [6.45, 7) is 2.37. The van der Waals surface area contributed by atoms with E-state index in [9.17, 15) is 4.79 Å². The lowest BCUT2D eigenvalue weighted by Crippen LogP contribution is -2.27. The molecule has 0 spiro atoms. The van der Waals surface area contributed by atoms with Gasteiger partial charge in [-0.15, -0.1) is 11.8 Å². The highest BCUT2D eigenvalue weighted by Gasteiger charge is 2.12. The molecule has 0 aromatic carbocycles. The van der Waals surface area contributed by atoms with Gasteiger partial charge in [0.25, 0.3) is 0 Å². The molecular weight excluding hydrogens is 282 g/mol. The van der Waals surface area contributed by atoms with E-state index in [1.807, 2.05) is 19.1 Å². The van der Waals surface area contributed by atoms with Crippen LogP contribution in [-0.4, -0.2) is 28.6 Å². The maximum atomic E-state index is 12.0. The van der Waals surface area contributed by atoms with E-state index in [1.165, 1.54) is 23.1 Å². The number of nitrogen functional groups attached to an aromatic ring is 1. The summed E-state index contributed by atoms with van der Waals surface area (Å²) in [7, 11) is 1.77. The average molecular weight is 297 g/mol. The fourth-order valence-corrected chi connectivity index (χ4v) is 3.17. The van der Waals surface area contributed by atoms with Gasteiger partial charge in [0.2, 0.25) is 5.91 Å². The first-order valence-corrected chi connectivity index (χ1v) is 7.48. The van der Waals surface area contributed by atoms with E-state index in [0.29, 0.717) is 17.4 Å². The molecule has 0 atom stereocenters. The van der Waals surface area contributed by atoms with Gasteiger partial charge in [0.15, 0.2) is 5.13 Å². The van der Waals surface area contributed by atoms with E-state index in [-0.39, 0.29) is 5.91 Å². The Bertz CT molecular complexity index is 565. The minimum atomic E-state index is 0.0472. The molecule has 0 fully saturated rings. The number of aryl methyl sites for hydroxylation is 1. The molecule has 5 nitrogen and oxygen atoms in total. The van der Waals surface area contributed by atoms with Crippen LogP contribution in [0.3, 0.4) is 0 Å². The maximum Gasteiger partial charge on any atom is 0.233 e. The van der Waals surface area contributed by atoms with E-state index in [1.54, 1.807) is 18.1 Å². The van der Waals surface area contributed by atoms with Crippen molar-refractivity contribution in [2.75, 3.05) is 18.5 Å². The van der Waals surface area contributed by atoms with Gasteiger partial charge in [-0.25, -0.2) is 4.98 Å². The Morgan fingerprint density at radius 2 is 2.37 bits per heavy atom. The van der Waals surface area contributed by atoms with E-state index < -0.39 is 0 Å². The Kier molecular flexibility index (Phi) is 4.49. The van der Waals surface area contributed by atoms with Crippen LogP contribution in [0.25, 0.3) is 0 Å². The Hall–Kier alpha value is -1.47. The van der Waals surface area contributed by atoms with Crippen LogP contribution >= 0.6 is 23.1 Å². The Morgan fingerprint density at radius 1 is 1.58 bits per heavy atom. The Morgan fingerprint density at radius 3 is 2.95 bits per heavy atom. The monoisotopic (exact) mass is 297 g/mol. The molecule has 0 aliphatic heterocycles. The molecule has 0 radical (unpaired) electrons. The lowest BCUT2D eigenvalue weighted by Gasteiger charge is -2.15. The first kappa shape index (κ1) is 14.0. The summed E-state index contributed by atoms with van der Waals surface area (Å²) in [4.78, 5) is 17.5. The van der Waals surface area contributed by atoms with Crippen molar-refractivity contribution in [3.63, 3.8) is 0 Å². The normalized spacial score (nSPS) is 10.6. The number of aromatic nitrogens is 1. The van der Waals surface area contributed by atoms with E-state index in [0.717, 1.165) is 15.7 Å². The number of anilines is 1. The molecule has 0 bridgehead atoms. The third kappa shape index (κ3) is 4.00. The predicted octanol–water partition coefficient (Wildman–Crippen LogP) is 2.38. The number of rotatable bonds is 5. The molecule has 2 rings (SSSR count). The van der Waals surface area contributed by atoms with Crippen LogP contribution in [0.2, 0.25) is 0 Å². The number of nitrogens with two attached hydrogens (primary N) is 1. The smallest absolute Gasteiger partial charge is 0.233 e. The molecule has 102 valence electrons. The van der Waals surface area contributed by atoms with Gasteiger partial charge in [-0.2, -0.15) is 0 Å². The number of hydrogen-bond donors (Lipinski definition) is 1. The van der Waals surface area contributed by atoms with Crippen LogP contribution in [0, 0.1) is 6.92 Å². The van der Waals surface area contributed by atoms with Crippen molar-refractivity contribution in [1.82, 2.24) is 9.88 Å². The standard InChI is InChI=1S/C12H15N3O2S2/c1-8-3-4-9(17-8)6-15(2)10(16)7-18-11-5-14-12(13)19-11/h3-5H,6-7H2,1-2H3,(H2,13,14). The van der Waals surface area contributed by atoms with Crippen molar-refractivity contribution in [1.29, 1.82) is 0 Å². The molecule has 2 heterocycles. The summed E-state index contributed by atoms with van der Waals surface area (Å²) in [5, 5.41) is 0.523. The van der Waals surface area contributed by atoms with Gasteiger partial charge >= 0.3 is 0 Å². The number of amides is 1. The first-order chi connectivity index (χ1) is 9.04. The van der Waals surface area contributed by atoms with Crippen LogP contribution < -0.4 is 5.73 Å². The lowest BCUT2D eigenvalue weighted by molar-refractivity contribution is -0.127. The van der Waals surface area contributed by atoms with E-state index in [4.69, 9.17) is 10.2 Å². The van der Waals surface area contributed by atoms with Crippen LogP contribution in [0.4, 0.5) is 5.13 Å². The largest absolute Gasteiger partial charge is 0.464 e. The predicted molar refractivity (Wildman–Crippen MR) is 77.2 cm³/mol. The molecular formula is C12H15N3O2S2. The summed E-state index contributed by atoms with van der Waals surface area (Å²) in [5.41, 5.74) is 5.54. The number of thioether (sulfide) groups is 1. The maximum absolute atomic E-state index is 12.0. The van der Waals surface area contributed by atoms with Crippen molar-refractivity contribution in [3.05, 3.63) is 29.9 Å². The lowest BCUT2D eigenvalue weighted by atomic mass is 10.4. The third-order valence-electron chi connectivity index (χ3n) is 2.46. The zero-order chi connectivity index (χ0) is 13.8. The summed E-state index contributed by atoms with van der Waals surface area (Å²) in [6.07, 6.45) is 1.69. The van der Waals surface area contributed by atoms with Crippen LogP contribution in [0.5, 0.6) is 0 Å². The fourth-order valence-electron chi connectivity index (χ4n) is 1.47. The van der Waals surface area contributed by atoms with Crippen molar-refractivity contribution in [2.45, 2.75) is 17.7 Å². The topological polar surface area (TPSA) is 72.4 Å². The van der Waals surface area contributed by atoms with Crippen molar-refractivity contribution in [2.24, 2.45) is 0 Å². The van der Waals surface area contributed by atoms with Gasteiger partial charge in [-0.05, 0) is 19.1 Å². The minimum Gasteiger partial charge on any atom is -0.464 e. The Labute approximate surface area is 119 Å². The summed E-state index contributed by atoms with van der Waals surface area (Å²) in [6, 6.07) is 3.78. The number of nitrogens with zero attached hydrogens (tertiary/aromatic N) is 2. The molecule has 1 amide bonds. The van der Waals surface area contributed by atoms with Gasteiger partial charge in [0.05, 0.1) is 22.7 Å². The van der Waals surface area contributed by atoms with Crippen molar-refractivity contribution < 1.29 is 9.21 Å². The molecule has 0 aliphatic carbocycles. The van der Waals surface area contributed by atoms with Gasteiger partial charge in [0.1, 0.15) is 11.5 Å². The molecule has 2 aromatic heterocycles. The van der Waals surface area contributed by atoms with Crippen LogP contribution in [-0.2, 0) is 11.3 Å². The molecule has 19 heavy (non-hydrogen) atoms. The van der Waals surface area contributed by atoms with Crippen molar-refractivity contribution in [3.8, 4) is 0 Å². The van der Waals surface area contributed by atoms with Crippen LogP contribution in [0.15, 0.2) is 27.0 Å². The second-order valence-electron chi connectivity index (χ2n) is 4.07. The summed E-state index contributed by atoms with van der Waals surface area (Å²) < 4.78 is 6.40. The Balaban J connectivity index is 1.82. The average Bonchev–Trinajstić information content (AvgIpc) is 2.95. The molecule has 2 N–H and O–H groups in total. The number of thiazole rings is 1. The van der Waals surface area contributed by atoms with E-state index in [2.05, 4.69) is 4.98 Å². The van der Waals surface area contributed by atoms with E-state index >= 15 is 0 Å². The zero-order valence-electron chi connectivity index (χ0n) is 10.8. The van der Waals surface area contributed by atoms with Crippen LogP contribution in [0.1, 0.15) is 11.5 Å². The minimum absolute atomic E-state index is 0.0472. The fraction of sp³-hybridized carbons (Fsp3) is 0.333. The number of carbonyl (C=O) groups excluding carboxylic acids is 1. The highest BCUT2D eigenvalue weighted by Crippen LogP contribution is 2.26. The molecule has 0 aliphatic rings. The van der Waals surface area contributed by atoms with Gasteiger partial charge in [0, 0.05) is 7.05 Å². The SMILES string of the molecule is Cc1ccc(CN(C)C(=O)CSc2cnc(N)s2)o1. The third-order valence-corrected chi connectivity index (χ3v) is 4.46. The van der Waals surface area contributed by atoms with Gasteiger partial charge in [-0.1, -0.05) is 11.3 Å². The molecule has 7 heteroatoms. The molecule has 0 saturated carbocycles. The molecule has 0 unspecified atom stereocenters. The second-order valence-corrected chi connectivity index (χ2v) is 6.41. The highest BCUT2D eigenvalue weighted by molar-refractivity contribution is 8.01. The zero-order valence-corrected chi connectivity index (χ0v) is 12.4. The summed E-state index contributed by atoms with van der Waals surface area (Å²) in [5.74, 6) is 2.06. The summed E-state index contributed by atoms with van der Waals surface area (Å²) >= 11 is 2.84. The van der Waals surface area contributed by atoms with Crippen molar-refractivity contribution >= 4 is 34.1 Å². The molecule has 2 aromatic rings. The van der Waals surface area contributed by atoms with Gasteiger partial charge < -0.3 is 15.1 Å².